The zero-order valence-electron chi connectivity index (χ0n) is 8.45. The van der Waals surface area contributed by atoms with Crippen LogP contribution >= 0.6 is 11.9 Å². The van der Waals surface area contributed by atoms with Crippen LogP contribution in [0.5, 0.6) is 0 Å². The highest BCUT2D eigenvalue weighted by molar-refractivity contribution is 7.97. The van der Waals surface area contributed by atoms with Crippen molar-refractivity contribution in [2.45, 2.75) is 26.0 Å². The highest BCUT2D eigenvalue weighted by Crippen LogP contribution is 2.40. The minimum absolute atomic E-state index is 0.209. The molecule has 1 unspecified atom stereocenters. The Balaban J connectivity index is 2.92. The molecule has 1 atom stereocenters. The summed E-state index contributed by atoms with van der Waals surface area (Å²) in [5, 5.41) is 6.08. The van der Waals surface area contributed by atoms with E-state index in [1.807, 2.05) is 6.07 Å². The van der Waals surface area contributed by atoms with E-state index in [0.717, 1.165) is 0 Å². The van der Waals surface area contributed by atoms with E-state index in [9.17, 15) is 0 Å². The third kappa shape index (κ3) is 2.75. The van der Waals surface area contributed by atoms with Gasteiger partial charge in [0.15, 0.2) is 0 Å². The molecule has 13 heavy (non-hydrogen) atoms. The summed E-state index contributed by atoms with van der Waals surface area (Å²) < 4.78 is 0. The fraction of sp³-hybridized carbons (Fsp3) is 0.455. The van der Waals surface area contributed by atoms with Crippen molar-refractivity contribution in [3.8, 4) is 0 Å². The second-order valence-corrected chi connectivity index (χ2v) is 5.04. The predicted molar refractivity (Wildman–Crippen MR) is 60.4 cm³/mol. The lowest BCUT2D eigenvalue weighted by atomic mass is 9.87. The SMILES string of the molecule is CC(C)(C)C(SN)c1ccccc1. The van der Waals surface area contributed by atoms with E-state index in [1.165, 1.54) is 17.5 Å². The molecule has 0 radical (unpaired) electrons. The Labute approximate surface area is 84.9 Å². The lowest BCUT2D eigenvalue weighted by Crippen LogP contribution is -2.16. The molecule has 0 fully saturated rings. The van der Waals surface area contributed by atoms with Crippen molar-refractivity contribution < 1.29 is 0 Å². The van der Waals surface area contributed by atoms with E-state index in [-0.39, 0.29) is 5.41 Å². The smallest absolute Gasteiger partial charge is 0.0488 e. The quantitative estimate of drug-likeness (QED) is 0.732. The van der Waals surface area contributed by atoms with Gasteiger partial charge < -0.3 is 0 Å². The summed E-state index contributed by atoms with van der Waals surface area (Å²) >= 11 is 1.43. The van der Waals surface area contributed by atoms with Crippen molar-refractivity contribution in [3.05, 3.63) is 35.9 Å². The third-order valence-electron chi connectivity index (χ3n) is 2.02. The van der Waals surface area contributed by atoms with Crippen LogP contribution < -0.4 is 5.14 Å². The van der Waals surface area contributed by atoms with Gasteiger partial charge in [-0.3, -0.25) is 5.14 Å². The summed E-state index contributed by atoms with van der Waals surface area (Å²) in [5.74, 6) is 0. The van der Waals surface area contributed by atoms with Crippen LogP contribution in [0, 0.1) is 5.41 Å². The summed E-state index contributed by atoms with van der Waals surface area (Å²) in [6.45, 7) is 6.64. The molecule has 72 valence electrons. The van der Waals surface area contributed by atoms with E-state index < -0.39 is 0 Å². The summed E-state index contributed by atoms with van der Waals surface area (Å²) in [4.78, 5) is 0. The molecule has 0 heterocycles. The first-order chi connectivity index (χ1) is 6.05. The average molecular weight is 195 g/mol. The van der Waals surface area contributed by atoms with Gasteiger partial charge in [0.25, 0.3) is 0 Å². The van der Waals surface area contributed by atoms with Gasteiger partial charge in [-0.25, -0.2) is 0 Å². The number of nitrogens with two attached hydrogens (primary N) is 1. The van der Waals surface area contributed by atoms with E-state index in [4.69, 9.17) is 5.14 Å². The predicted octanol–water partition coefficient (Wildman–Crippen LogP) is 3.38. The average Bonchev–Trinajstić information content (AvgIpc) is 2.05. The Morgan fingerprint density at radius 3 is 2.08 bits per heavy atom. The van der Waals surface area contributed by atoms with Crippen molar-refractivity contribution in [2.75, 3.05) is 0 Å². The molecule has 0 bridgehead atoms. The molecule has 2 heteroatoms. The van der Waals surface area contributed by atoms with Crippen molar-refractivity contribution in [2.24, 2.45) is 10.6 Å². The molecule has 0 aliphatic heterocycles. The Morgan fingerprint density at radius 2 is 1.69 bits per heavy atom. The molecular formula is C11H17NS. The second kappa shape index (κ2) is 4.16. The van der Waals surface area contributed by atoms with Gasteiger partial charge in [0.2, 0.25) is 0 Å². The molecule has 1 aromatic carbocycles. The van der Waals surface area contributed by atoms with Crippen LogP contribution in [0.4, 0.5) is 0 Å². The van der Waals surface area contributed by atoms with Crippen molar-refractivity contribution in [1.29, 1.82) is 0 Å². The van der Waals surface area contributed by atoms with Gasteiger partial charge in [0.1, 0.15) is 0 Å². The number of hydrogen-bond donors (Lipinski definition) is 1. The largest absolute Gasteiger partial charge is 0.277 e. The summed E-state index contributed by atoms with van der Waals surface area (Å²) in [7, 11) is 0. The maximum absolute atomic E-state index is 5.71. The van der Waals surface area contributed by atoms with Gasteiger partial charge in [0, 0.05) is 5.25 Å². The van der Waals surface area contributed by atoms with E-state index in [1.54, 1.807) is 0 Å². The molecule has 0 spiro atoms. The Morgan fingerprint density at radius 1 is 1.15 bits per heavy atom. The molecule has 2 N–H and O–H groups in total. The number of rotatable bonds is 2. The first-order valence-corrected chi connectivity index (χ1v) is 5.40. The number of hydrogen-bond acceptors (Lipinski definition) is 2. The zero-order chi connectivity index (χ0) is 9.90. The van der Waals surface area contributed by atoms with E-state index in [2.05, 4.69) is 45.0 Å². The van der Waals surface area contributed by atoms with Crippen molar-refractivity contribution >= 4 is 11.9 Å². The molecule has 0 saturated carbocycles. The standard InChI is InChI=1S/C11H17NS/c1-11(2,3)10(13-12)9-7-5-4-6-8-9/h4-8,10H,12H2,1-3H3. The van der Waals surface area contributed by atoms with Crippen LogP contribution in [0.15, 0.2) is 30.3 Å². The van der Waals surface area contributed by atoms with Crippen LogP contribution in [-0.4, -0.2) is 0 Å². The topological polar surface area (TPSA) is 26.0 Å². The van der Waals surface area contributed by atoms with Gasteiger partial charge >= 0.3 is 0 Å². The Kier molecular flexibility index (Phi) is 3.40. The van der Waals surface area contributed by atoms with Crippen molar-refractivity contribution in [3.63, 3.8) is 0 Å². The summed E-state index contributed by atoms with van der Waals surface area (Å²) in [5.41, 5.74) is 1.52. The second-order valence-electron chi connectivity index (χ2n) is 4.29. The first-order valence-electron chi connectivity index (χ1n) is 4.46. The van der Waals surface area contributed by atoms with Crippen LogP contribution in [0.1, 0.15) is 31.6 Å². The van der Waals surface area contributed by atoms with Gasteiger partial charge in [0.05, 0.1) is 0 Å². The normalized spacial score (nSPS) is 14.2. The molecule has 0 saturated heterocycles. The lowest BCUT2D eigenvalue weighted by molar-refractivity contribution is 0.401. The molecule has 0 aliphatic carbocycles. The summed E-state index contributed by atoms with van der Waals surface area (Å²) in [6.07, 6.45) is 0. The van der Waals surface area contributed by atoms with Crippen LogP contribution in [0.3, 0.4) is 0 Å². The molecule has 0 aromatic heterocycles. The van der Waals surface area contributed by atoms with Gasteiger partial charge in [-0.15, -0.1) is 0 Å². The third-order valence-corrected chi connectivity index (χ3v) is 3.28. The molecular weight excluding hydrogens is 178 g/mol. The Bertz CT molecular complexity index is 251. The van der Waals surface area contributed by atoms with Crippen LogP contribution in [-0.2, 0) is 0 Å². The fourth-order valence-corrected chi connectivity index (χ4v) is 2.13. The molecule has 0 aliphatic rings. The molecule has 0 amide bonds. The lowest BCUT2D eigenvalue weighted by Gasteiger charge is -2.28. The maximum Gasteiger partial charge on any atom is 0.0488 e. The Hall–Kier alpha value is -0.470. The first kappa shape index (κ1) is 10.6. The monoisotopic (exact) mass is 195 g/mol. The fourth-order valence-electron chi connectivity index (χ4n) is 1.41. The van der Waals surface area contributed by atoms with Gasteiger partial charge in [-0.1, -0.05) is 63.1 Å². The minimum atomic E-state index is 0.209. The summed E-state index contributed by atoms with van der Waals surface area (Å²) in [6, 6.07) is 10.4. The highest BCUT2D eigenvalue weighted by atomic mass is 32.2. The van der Waals surface area contributed by atoms with Crippen LogP contribution in [0.25, 0.3) is 0 Å². The van der Waals surface area contributed by atoms with E-state index in [0.29, 0.717) is 5.25 Å². The van der Waals surface area contributed by atoms with Crippen molar-refractivity contribution in [1.82, 2.24) is 0 Å². The molecule has 1 rings (SSSR count). The van der Waals surface area contributed by atoms with E-state index >= 15 is 0 Å². The molecule has 1 aromatic rings. The highest BCUT2D eigenvalue weighted by Gasteiger charge is 2.25. The van der Waals surface area contributed by atoms with Gasteiger partial charge in [-0.05, 0) is 11.0 Å². The minimum Gasteiger partial charge on any atom is -0.277 e. The number of benzene rings is 1. The zero-order valence-corrected chi connectivity index (χ0v) is 9.27. The van der Waals surface area contributed by atoms with Crippen LogP contribution in [0.2, 0.25) is 0 Å². The van der Waals surface area contributed by atoms with Gasteiger partial charge in [-0.2, -0.15) is 0 Å². The molecule has 1 nitrogen and oxygen atoms in total. The maximum atomic E-state index is 5.71.